The number of nitrogens with one attached hydrogen (secondary N) is 1. The molecular formula is C15H20ClF3N2O. The van der Waals surface area contributed by atoms with Crippen LogP contribution in [0.4, 0.5) is 18.9 Å². The molecule has 0 aromatic heterocycles. The minimum absolute atomic E-state index is 0. The molecule has 0 spiro atoms. The number of aryl methyl sites for hydroxylation is 1. The molecule has 7 heteroatoms. The molecule has 0 saturated heterocycles. The van der Waals surface area contributed by atoms with Crippen molar-refractivity contribution in [2.75, 3.05) is 5.32 Å². The van der Waals surface area contributed by atoms with Gasteiger partial charge in [0.05, 0.1) is 5.56 Å². The lowest BCUT2D eigenvalue weighted by atomic mass is 9.85. The van der Waals surface area contributed by atoms with Crippen molar-refractivity contribution in [2.24, 2.45) is 11.7 Å². The van der Waals surface area contributed by atoms with Gasteiger partial charge in [0.1, 0.15) is 0 Å². The van der Waals surface area contributed by atoms with E-state index in [0.717, 1.165) is 25.3 Å². The SMILES string of the molecule is Cc1ccc(NC(=O)C2CCCC(N)C2)cc1C(F)(F)F.Cl. The van der Waals surface area contributed by atoms with Crippen LogP contribution in [0.3, 0.4) is 0 Å². The van der Waals surface area contributed by atoms with Gasteiger partial charge in [0, 0.05) is 17.6 Å². The van der Waals surface area contributed by atoms with E-state index in [1.54, 1.807) is 0 Å². The molecule has 22 heavy (non-hydrogen) atoms. The van der Waals surface area contributed by atoms with E-state index in [4.69, 9.17) is 5.73 Å². The van der Waals surface area contributed by atoms with Crippen LogP contribution in [0.2, 0.25) is 0 Å². The second kappa shape index (κ2) is 7.33. The summed E-state index contributed by atoms with van der Waals surface area (Å²) in [5.74, 6) is -0.466. The van der Waals surface area contributed by atoms with Crippen LogP contribution >= 0.6 is 12.4 Å². The Balaban J connectivity index is 0.00000242. The summed E-state index contributed by atoms with van der Waals surface area (Å²) in [7, 11) is 0. The molecule has 1 aliphatic carbocycles. The van der Waals surface area contributed by atoms with Gasteiger partial charge < -0.3 is 11.1 Å². The highest BCUT2D eigenvalue weighted by atomic mass is 35.5. The monoisotopic (exact) mass is 336 g/mol. The van der Waals surface area contributed by atoms with E-state index in [9.17, 15) is 18.0 Å². The highest BCUT2D eigenvalue weighted by Gasteiger charge is 2.33. The van der Waals surface area contributed by atoms with Gasteiger partial charge in [-0.05, 0) is 43.9 Å². The van der Waals surface area contributed by atoms with Gasteiger partial charge in [-0.1, -0.05) is 12.5 Å². The number of anilines is 1. The minimum Gasteiger partial charge on any atom is -0.328 e. The highest BCUT2D eigenvalue weighted by Crippen LogP contribution is 2.33. The molecule has 0 radical (unpaired) electrons. The van der Waals surface area contributed by atoms with Gasteiger partial charge >= 0.3 is 6.18 Å². The second-order valence-corrected chi connectivity index (χ2v) is 5.64. The Hall–Kier alpha value is -1.27. The first kappa shape index (κ1) is 18.8. The summed E-state index contributed by atoms with van der Waals surface area (Å²) in [5.41, 5.74) is 5.42. The smallest absolute Gasteiger partial charge is 0.328 e. The van der Waals surface area contributed by atoms with E-state index in [0.29, 0.717) is 6.42 Å². The maximum Gasteiger partial charge on any atom is 0.416 e. The number of carbonyl (C=O) groups excluding carboxylic acids is 1. The zero-order valence-electron chi connectivity index (χ0n) is 12.2. The van der Waals surface area contributed by atoms with E-state index >= 15 is 0 Å². The van der Waals surface area contributed by atoms with Gasteiger partial charge in [0.25, 0.3) is 0 Å². The zero-order chi connectivity index (χ0) is 15.6. The maximum absolute atomic E-state index is 12.8. The first-order valence-corrected chi connectivity index (χ1v) is 7.01. The molecular weight excluding hydrogens is 317 g/mol. The van der Waals surface area contributed by atoms with Gasteiger partial charge in [-0.25, -0.2) is 0 Å². The molecule has 3 N–H and O–H groups in total. The molecule has 1 amide bonds. The predicted molar refractivity (Wildman–Crippen MR) is 82.0 cm³/mol. The predicted octanol–water partition coefficient (Wildman–Crippen LogP) is 3.89. The molecule has 1 fully saturated rings. The van der Waals surface area contributed by atoms with E-state index in [1.165, 1.54) is 19.1 Å². The van der Waals surface area contributed by atoms with Gasteiger partial charge in [0.2, 0.25) is 5.91 Å². The summed E-state index contributed by atoms with van der Waals surface area (Å²) in [6.45, 7) is 1.40. The Labute approximate surface area is 133 Å². The van der Waals surface area contributed by atoms with Crippen LogP contribution in [0.25, 0.3) is 0 Å². The summed E-state index contributed by atoms with van der Waals surface area (Å²) < 4.78 is 38.5. The van der Waals surface area contributed by atoms with E-state index in [2.05, 4.69) is 5.32 Å². The number of alkyl halides is 3. The summed E-state index contributed by atoms with van der Waals surface area (Å²) in [6, 6.07) is 3.84. The fraction of sp³-hybridized carbons (Fsp3) is 0.533. The molecule has 1 aliphatic rings. The van der Waals surface area contributed by atoms with Crippen LogP contribution in [0.15, 0.2) is 18.2 Å². The lowest BCUT2D eigenvalue weighted by Gasteiger charge is -2.25. The number of nitrogens with two attached hydrogens (primary N) is 1. The molecule has 2 unspecified atom stereocenters. The number of hydrogen-bond donors (Lipinski definition) is 2. The van der Waals surface area contributed by atoms with E-state index in [-0.39, 0.29) is 41.5 Å². The quantitative estimate of drug-likeness (QED) is 0.860. The van der Waals surface area contributed by atoms with Gasteiger partial charge in [-0.15, -0.1) is 12.4 Å². The Morgan fingerprint density at radius 3 is 2.59 bits per heavy atom. The van der Waals surface area contributed by atoms with Crippen molar-refractivity contribution < 1.29 is 18.0 Å². The minimum atomic E-state index is -4.42. The van der Waals surface area contributed by atoms with Gasteiger partial charge in [-0.3, -0.25) is 4.79 Å². The molecule has 0 heterocycles. The van der Waals surface area contributed by atoms with Crippen molar-refractivity contribution in [1.29, 1.82) is 0 Å². The summed E-state index contributed by atoms with van der Waals surface area (Å²) in [5, 5.41) is 2.58. The van der Waals surface area contributed by atoms with Crippen LogP contribution in [0, 0.1) is 12.8 Å². The second-order valence-electron chi connectivity index (χ2n) is 5.64. The molecule has 0 bridgehead atoms. The van der Waals surface area contributed by atoms with Gasteiger partial charge in [-0.2, -0.15) is 13.2 Å². The lowest BCUT2D eigenvalue weighted by molar-refractivity contribution is -0.138. The van der Waals surface area contributed by atoms with Crippen molar-refractivity contribution in [3.05, 3.63) is 29.3 Å². The number of rotatable bonds is 2. The van der Waals surface area contributed by atoms with Crippen molar-refractivity contribution in [3.8, 4) is 0 Å². The number of benzene rings is 1. The largest absolute Gasteiger partial charge is 0.416 e. The first-order chi connectivity index (χ1) is 9.77. The van der Waals surface area contributed by atoms with Crippen molar-refractivity contribution in [2.45, 2.75) is 44.8 Å². The van der Waals surface area contributed by atoms with Crippen molar-refractivity contribution in [3.63, 3.8) is 0 Å². The van der Waals surface area contributed by atoms with Crippen LogP contribution < -0.4 is 11.1 Å². The zero-order valence-corrected chi connectivity index (χ0v) is 13.1. The fourth-order valence-electron chi connectivity index (χ4n) is 2.72. The van der Waals surface area contributed by atoms with Gasteiger partial charge in [0.15, 0.2) is 0 Å². The van der Waals surface area contributed by atoms with Crippen molar-refractivity contribution >= 4 is 24.0 Å². The van der Waals surface area contributed by atoms with Crippen LogP contribution in [-0.4, -0.2) is 11.9 Å². The Morgan fingerprint density at radius 1 is 1.32 bits per heavy atom. The average molecular weight is 337 g/mol. The van der Waals surface area contributed by atoms with Crippen LogP contribution in [0.5, 0.6) is 0 Å². The molecule has 124 valence electrons. The summed E-state index contributed by atoms with van der Waals surface area (Å²) in [4.78, 5) is 12.1. The third-order valence-corrected chi connectivity index (χ3v) is 3.90. The van der Waals surface area contributed by atoms with Crippen molar-refractivity contribution in [1.82, 2.24) is 0 Å². The maximum atomic E-state index is 12.8. The fourth-order valence-corrected chi connectivity index (χ4v) is 2.72. The molecule has 3 nitrogen and oxygen atoms in total. The van der Waals surface area contributed by atoms with E-state index in [1.807, 2.05) is 0 Å². The van der Waals surface area contributed by atoms with E-state index < -0.39 is 11.7 Å². The summed E-state index contributed by atoms with van der Waals surface area (Å²) >= 11 is 0. The third kappa shape index (κ3) is 4.61. The van der Waals surface area contributed by atoms with Crippen LogP contribution in [-0.2, 0) is 11.0 Å². The standard InChI is InChI=1S/C15H19F3N2O.ClH/c1-9-5-6-12(8-13(9)15(16,17)18)20-14(21)10-3-2-4-11(19)7-10;/h5-6,8,10-11H,2-4,7,19H2,1H3,(H,20,21);1H. The Bertz CT molecular complexity index is 534. The number of halogens is 4. The highest BCUT2D eigenvalue weighted by molar-refractivity contribution is 5.92. The normalized spacial score (nSPS) is 21.9. The first-order valence-electron chi connectivity index (χ1n) is 7.01. The Kier molecular flexibility index (Phi) is 6.26. The average Bonchev–Trinajstić information content (AvgIpc) is 2.39. The number of carbonyl (C=O) groups is 1. The lowest BCUT2D eigenvalue weighted by Crippen LogP contribution is -2.34. The van der Waals surface area contributed by atoms with Crippen LogP contribution in [0.1, 0.15) is 36.8 Å². The third-order valence-electron chi connectivity index (χ3n) is 3.90. The molecule has 0 aliphatic heterocycles. The Morgan fingerprint density at radius 2 is 2.00 bits per heavy atom. The summed E-state index contributed by atoms with van der Waals surface area (Å²) in [6.07, 6.45) is -1.33. The molecule has 1 saturated carbocycles. The number of hydrogen-bond acceptors (Lipinski definition) is 2. The molecule has 2 atom stereocenters. The topological polar surface area (TPSA) is 55.1 Å². The molecule has 1 aromatic carbocycles. The number of amides is 1. The molecule has 1 aromatic rings. The molecule has 2 rings (SSSR count).